The summed E-state index contributed by atoms with van der Waals surface area (Å²) in [5, 5.41) is 0. The quantitative estimate of drug-likeness (QED) is 0.761. The minimum absolute atomic E-state index is 0.0987. The van der Waals surface area contributed by atoms with Crippen LogP contribution in [0.5, 0.6) is 5.75 Å². The van der Waals surface area contributed by atoms with Crippen molar-refractivity contribution in [3.63, 3.8) is 0 Å². The predicted octanol–water partition coefficient (Wildman–Crippen LogP) is 3.90. The first-order valence-corrected chi connectivity index (χ1v) is 10.0. The Bertz CT molecular complexity index is 773. The van der Waals surface area contributed by atoms with Gasteiger partial charge in [-0.25, -0.2) is 13.1 Å². The number of ether oxygens (including phenoxy) is 1. The molecular formula is C20H27NO3S. The zero-order valence-corrected chi connectivity index (χ0v) is 16.2. The highest BCUT2D eigenvalue weighted by Crippen LogP contribution is 2.24. The van der Waals surface area contributed by atoms with Crippen LogP contribution in [0.1, 0.15) is 38.8 Å². The molecule has 2 aromatic carbocycles. The van der Waals surface area contributed by atoms with E-state index in [9.17, 15) is 8.42 Å². The Morgan fingerprint density at radius 3 is 2.08 bits per heavy atom. The van der Waals surface area contributed by atoms with Crippen LogP contribution in [0.15, 0.2) is 53.4 Å². The topological polar surface area (TPSA) is 55.4 Å². The van der Waals surface area contributed by atoms with Crippen LogP contribution in [-0.2, 0) is 21.9 Å². The Kier molecular flexibility index (Phi) is 6.25. The van der Waals surface area contributed by atoms with Crippen molar-refractivity contribution < 1.29 is 13.2 Å². The van der Waals surface area contributed by atoms with E-state index in [0.29, 0.717) is 0 Å². The Morgan fingerprint density at radius 2 is 1.56 bits per heavy atom. The first-order chi connectivity index (χ1) is 11.7. The third kappa shape index (κ3) is 5.58. The summed E-state index contributed by atoms with van der Waals surface area (Å²) in [6, 6.07) is 14.8. The van der Waals surface area contributed by atoms with Gasteiger partial charge in [0.1, 0.15) is 12.4 Å². The van der Waals surface area contributed by atoms with Gasteiger partial charge in [-0.05, 0) is 47.2 Å². The average Bonchev–Trinajstić information content (AvgIpc) is 2.58. The van der Waals surface area contributed by atoms with Crippen molar-refractivity contribution in [2.45, 2.75) is 44.4 Å². The zero-order valence-electron chi connectivity index (χ0n) is 15.4. The van der Waals surface area contributed by atoms with Gasteiger partial charge < -0.3 is 4.74 Å². The van der Waals surface area contributed by atoms with Gasteiger partial charge in [-0.3, -0.25) is 0 Å². The third-order valence-corrected chi connectivity index (χ3v) is 5.50. The molecule has 0 spiro atoms. The second-order valence-electron chi connectivity index (χ2n) is 7.02. The summed E-state index contributed by atoms with van der Waals surface area (Å²) in [7, 11) is -3.50. The van der Waals surface area contributed by atoms with Gasteiger partial charge in [0.15, 0.2) is 0 Å². The van der Waals surface area contributed by atoms with Crippen molar-refractivity contribution in [2.75, 3.05) is 13.2 Å². The molecule has 0 aromatic heterocycles. The van der Waals surface area contributed by atoms with E-state index in [0.717, 1.165) is 17.7 Å². The summed E-state index contributed by atoms with van der Waals surface area (Å²) in [6.45, 7) is 9.01. The summed E-state index contributed by atoms with van der Waals surface area (Å²) in [6.07, 6.45) is 0.885. The van der Waals surface area contributed by atoms with Crippen LogP contribution >= 0.6 is 0 Å². The summed E-state index contributed by atoms with van der Waals surface area (Å²) in [4.78, 5) is 0.277. The van der Waals surface area contributed by atoms with Gasteiger partial charge in [0.2, 0.25) is 10.0 Å². The van der Waals surface area contributed by atoms with Crippen LogP contribution in [-0.4, -0.2) is 21.6 Å². The second kappa shape index (κ2) is 8.02. The van der Waals surface area contributed by atoms with E-state index >= 15 is 0 Å². The lowest BCUT2D eigenvalue weighted by Crippen LogP contribution is -2.28. The van der Waals surface area contributed by atoms with Gasteiger partial charge >= 0.3 is 0 Å². The fourth-order valence-corrected chi connectivity index (χ4v) is 3.40. The number of hydrogen-bond donors (Lipinski definition) is 1. The maximum atomic E-state index is 12.2. The van der Waals surface area contributed by atoms with E-state index in [1.165, 1.54) is 5.56 Å². The lowest BCUT2D eigenvalue weighted by Gasteiger charge is -2.19. The molecule has 0 fully saturated rings. The number of nitrogens with one attached hydrogen (secondary N) is 1. The molecule has 0 aliphatic rings. The SMILES string of the molecule is CCc1ccc(S(=O)(=O)NCCOc2ccc(C(C)(C)C)cc2)cc1. The van der Waals surface area contributed by atoms with Crippen molar-refractivity contribution in [3.8, 4) is 5.75 Å². The van der Waals surface area contributed by atoms with Crippen LogP contribution in [0.3, 0.4) is 0 Å². The molecule has 25 heavy (non-hydrogen) atoms. The number of benzene rings is 2. The van der Waals surface area contributed by atoms with Crippen molar-refractivity contribution in [3.05, 3.63) is 59.7 Å². The first-order valence-electron chi connectivity index (χ1n) is 8.54. The third-order valence-electron chi connectivity index (χ3n) is 4.03. The van der Waals surface area contributed by atoms with E-state index in [-0.39, 0.29) is 23.5 Å². The monoisotopic (exact) mass is 361 g/mol. The predicted molar refractivity (Wildman–Crippen MR) is 102 cm³/mol. The summed E-state index contributed by atoms with van der Waals surface area (Å²) in [5.74, 6) is 0.736. The molecule has 0 saturated carbocycles. The molecule has 0 heterocycles. The van der Waals surface area contributed by atoms with E-state index in [1.54, 1.807) is 12.1 Å². The Labute approximate surface area is 151 Å². The zero-order chi connectivity index (χ0) is 18.5. The molecule has 0 saturated heterocycles. The molecule has 0 unspecified atom stereocenters. The van der Waals surface area contributed by atoms with Crippen molar-refractivity contribution in [2.24, 2.45) is 0 Å². The van der Waals surface area contributed by atoms with Crippen molar-refractivity contribution in [1.82, 2.24) is 4.72 Å². The molecule has 2 aromatic rings. The van der Waals surface area contributed by atoms with E-state index in [2.05, 4.69) is 25.5 Å². The van der Waals surface area contributed by atoms with E-state index in [1.807, 2.05) is 43.3 Å². The van der Waals surface area contributed by atoms with Crippen LogP contribution in [0.2, 0.25) is 0 Å². The number of aryl methyl sites for hydroxylation is 1. The van der Waals surface area contributed by atoms with Gasteiger partial charge in [-0.2, -0.15) is 0 Å². The number of hydrogen-bond acceptors (Lipinski definition) is 3. The largest absolute Gasteiger partial charge is 0.492 e. The maximum absolute atomic E-state index is 12.2. The fraction of sp³-hybridized carbons (Fsp3) is 0.400. The molecule has 136 valence electrons. The lowest BCUT2D eigenvalue weighted by molar-refractivity contribution is 0.322. The smallest absolute Gasteiger partial charge is 0.240 e. The molecule has 0 aliphatic heterocycles. The lowest BCUT2D eigenvalue weighted by atomic mass is 9.87. The molecule has 5 heteroatoms. The molecule has 0 amide bonds. The van der Waals surface area contributed by atoms with E-state index in [4.69, 9.17) is 4.74 Å². The van der Waals surface area contributed by atoms with Crippen molar-refractivity contribution >= 4 is 10.0 Å². The maximum Gasteiger partial charge on any atom is 0.240 e. The highest BCUT2D eigenvalue weighted by atomic mass is 32.2. The molecule has 2 rings (SSSR count). The van der Waals surface area contributed by atoms with Gasteiger partial charge in [0.05, 0.1) is 4.90 Å². The first kappa shape index (κ1) is 19.5. The molecule has 0 bridgehead atoms. The van der Waals surface area contributed by atoms with Gasteiger partial charge in [0.25, 0.3) is 0 Å². The number of sulfonamides is 1. The fourth-order valence-electron chi connectivity index (χ4n) is 2.38. The summed E-state index contributed by atoms with van der Waals surface area (Å²) >= 11 is 0. The Balaban J connectivity index is 1.85. The molecule has 0 aliphatic carbocycles. The molecular weight excluding hydrogens is 334 g/mol. The highest BCUT2D eigenvalue weighted by Gasteiger charge is 2.14. The number of rotatable bonds is 7. The summed E-state index contributed by atoms with van der Waals surface area (Å²) < 4.78 is 32.6. The second-order valence-corrected chi connectivity index (χ2v) is 8.79. The standard InChI is InChI=1S/C20H27NO3S/c1-5-16-6-12-19(13-7-16)25(22,23)21-14-15-24-18-10-8-17(9-11-18)20(2,3)4/h6-13,21H,5,14-15H2,1-4H3. The minimum Gasteiger partial charge on any atom is -0.492 e. The van der Waals surface area contributed by atoms with Gasteiger partial charge in [0, 0.05) is 6.54 Å². The van der Waals surface area contributed by atoms with Crippen LogP contribution in [0, 0.1) is 0 Å². The van der Waals surface area contributed by atoms with Gasteiger partial charge in [-0.15, -0.1) is 0 Å². The van der Waals surface area contributed by atoms with Crippen LogP contribution in [0.25, 0.3) is 0 Å². The average molecular weight is 362 g/mol. The molecule has 0 radical (unpaired) electrons. The highest BCUT2D eigenvalue weighted by molar-refractivity contribution is 7.89. The molecule has 1 N–H and O–H groups in total. The molecule has 0 atom stereocenters. The summed E-state index contributed by atoms with van der Waals surface area (Å²) in [5.41, 5.74) is 2.44. The van der Waals surface area contributed by atoms with Crippen LogP contribution in [0.4, 0.5) is 0 Å². The van der Waals surface area contributed by atoms with Crippen LogP contribution < -0.4 is 9.46 Å². The Hall–Kier alpha value is -1.85. The van der Waals surface area contributed by atoms with E-state index < -0.39 is 10.0 Å². The minimum atomic E-state index is -3.50. The van der Waals surface area contributed by atoms with Crippen molar-refractivity contribution in [1.29, 1.82) is 0 Å². The normalized spacial score (nSPS) is 12.2. The Morgan fingerprint density at radius 1 is 0.960 bits per heavy atom. The molecule has 4 nitrogen and oxygen atoms in total. The van der Waals surface area contributed by atoms with Gasteiger partial charge in [-0.1, -0.05) is 52.0 Å².